The minimum atomic E-state index is 0.0275. The van der Waals surface area contributed by atoms with Gasteiger partial charge in [0.05, 0.1) is 5.92 Å². The minimum Gasteiger partial charge on any atom is -0.356 e. The Morgan fingerprint density at radius 3 is 3.06 bits per heavy atom. The SMILES string of the molecule is NC1CCCC1C(=O)NCCCn1cccn1. The van der Waals surface area contributed by atoms with Gasteiger partial charge in [-0.15, -0.1) is 0 Å². The van der Waals surface area contributed by atoms with Crippen molar-refractivity contribution in [3.8, 4) is 0 Å². The molecule has 3 N–H and O–H groups in total. The molecule has 0 radical (unpaired) electrons. The first-order valence-electron chi connectivity index (χ1n) is 6.28. The zero-order valence-corrected chi connectivity index (χ0v) is 10.0. The average Bonchev–Trinajstić information content (AvgIpc) is 2.95. The second-order valence-corrected chi connectivity index (χ2v) is 4.61. The van der Waals surface area contributed by atoms with Gasteiger partial charge in [-0.2, -0.15) is 5.10 Å². The van der Waals surface area contributed by atoms with Crippen molar-refractivity contribution in [2.24, 2.45) is 11.7 Å². The molecule has 1 saturated carbocycles. The standard InChI is InChI=1S/C12H20N4O/c13-11-5-1-4-10(11)12(17)14-6-2-8-16-9-3-7-15-16/h3,7,9-11H,1-2,4-6,8,13H2,(H,14,17). The number of nitrogens with zero attached hydrogens (tertiary/aromatic N) is 2. The quantitative estimate of drug-likeness (QED) is 0.732. The summed E-state index contributed by atoms with van der Waals surface area (Å²) in [6, 6.07) is 1.96. The minimum absolute atomic E-state index is 0.0275. The summed E-state index contributed by atoms with van der Waals surface area (Å²) >= 11 is 0. The summed E-state index contributed by atoms with van der Waals surface area (Å²) in [5.41, 5.74) is 5.89. The van der Waals surface area contributed by atoms with Crippen LogP contribution in [0.1, 0.15) is 25.7 Å². The molecule has 1 aliphatic carbocycles. The maximum Gasteiger partial charge on any atom is 0.224 e. The summed E-state index contributed by atoms with van der Waals surface area (Å²) in [4.78, 5) is 11.8. The van der Waals surface area contributed by atoms with E-state index in [0.717, 1.165) is 32.2 Å². The third-order valence-electron chi connectivity index (χ3n) is 3.33. The topological polar surface area (TPSA) is 72.9 Å². The second-order valence-electron chi connectivity index (χ2n) is 4.61. The Labute approximate surface area is 101 Å². The van der Waals surface area contributed by atoms with Crippen LogP contribution in [0.3, 0.4) is 0 Å². The first-order chi connectivity index (χ1) is 8.27. The number of nitrogens with two attached hydrogens (primary N) is 1. The Morgan fingerprint density at radius 2 is 2.41 bits per heavy atom. The summed E-state index contributed by atoms with van der Waals surface area (Å²) in [6.07, 6.45) is 7.57. The van der Waals surface area contributed by atoms with Crippen LogP contribution in [0.25, 0.3) is 0 Å². The Morgan fingerprint density at radius 1 is 1.53 bits per heavy atom. The fourth-order valence-electron chi connectivity index (χ4n) is 2.33. The van der Waals surface area contributed by atoms with E-state index in [2.05, 4.69) is 10.4 Å². The van der Waals surface area contributed by atoms with Crippen LogP contribution in [0.2, 0.25) is 0 Å². The lowest BCUT2D eigenvalue weighted by molar-refractivity contribution is -0.125. The predicted molar refractivity (Wildman–Crippen MR) is 65.2 cm³/mol. The summed E-state index contributed by atoms with van der Waals surface area (Å²) in [7, 11) is 0. The first-order valence-corrected chi connectivity index (χ1v) is 6.28. The van der Waals surface area contributed by atoms with Crippen LogP contribution in [-0.2, 0) is 11.3 Å². The number of hydrogen-bond donors (Lipinski definition) is 2. The molecule has 0 aliphatic heterocycles. The number of nitrogens with one attached hydrogen (secondary N) is 1. The van der Waals surface area contributed by atoms with Gasteiger partial charge in [-0.3, -0.25) is 9.48 Å². The average molecular weight is 236 g/mol. The van der Waals surface area contributed by atoms with Gasteiger partial charge in [-0.25, -0.2) is 0 Å². The molecular formula is C12H20N4O. The van der Waals surface area contributed by atoms with Gasteiger partial charge in [0.25, 0.3) is 0 Å². The molecule has 17 heavy (non-hydrogen) atoms. The summed E-state index contributed by atoms with van der Waals surface area (Å²) in [5.74, 6) is 0.148. The number of carbonyl (C=O) groups excluding carboxylic acids is 1. The van der Waals surface area contributed by atoms with Gasteiger partial charge in [-0.1, -0.05) is 6.42 Å². The van der Waals surface area contributed by atoms with Gasteiger partial charge < -0.3 is 11.1 Å². The molecule has 1 aromatic heterocycles. The fraction of sp³-hybridized carbons (Fsp3) is 0.667. The van der Waals surface area contributed by atoms with Gasteiger partial charge in [0, 0.05) is 31.5 Å². The van der Waals surface area contributed by atoms with Crippen LogP contribution >= 0.6 is 0 Å². The Kier molecular flexibility index (Phi) is 4.14. The van der Waals surface area contributed by atoms with Crippen LogP contribution in [0.4, 0.5) is 0 Å². The lowest BCUT2D eigenvalue weighted by Gasteiger charge is -2.14. The van der Waals surface area contributed by atoms with Crippen molar-refractivity contribution >= 4 is 5.91 Å². The smallest absolute Gasteiger partial charge is 0.224 e. The lowest BCUT2D eigenvalue weighted by Crippen LogP contribution is -2.39. The molecule has 1 heterocycles. The number of carbonyl (C=O) groups is 1. The Balaban J connectivity index is 1.63. The zero-order chi connectivity index (χ0) is 12.1. The molecule has 1 aromatic rings. The van der Waals surface area contributed by atoms with Crippen LogP contribution in [-0.4, -0.2) is 28.3 Å². The van der Waals surface area contributed by atoms with Crippen LogP contribution in [0.5, 0.6) is 0 Å². The van der Waals surface area contributed by atoms with Crippen molar-refractivity contribution in [2.45, 2.75) is 38.3 Å². The van der Waals surface area contributed by atoms with E-state index in [0.29, 0.717) is 6.54 Å². The highest BCUT2D eigenvalue weighted by atomic mass is 16.1. The number of aryl methyl sites for hydroxylation is 1. The largest absolute Gasteiger partial charge is 0.356 e. The van der Waals surface area contributed by atoms with Gasteiger partial charge >= 0.3 is 0 Å². The van der Waals surface area contributed by atoms with E-state index in [4.69, 9.17) is 5.73 Å². The third-order valence-corrected chi connectivity index (χ3v) is 3.33. The van der Waals surface area contributed by atoms with Crippen molar-refractivity contribution in [3.05, 3.63) is 18.5 Å². The molecule has 0 bridgehead atoms. The Bertz CT molecular complexity index is 349. The number of aromatic nitrogens is 2. The number of rotatable bonds is 5. The summed E-state index contributed by atoms with van der Waals surface area (Å²) < 4.78 is 1.87. The van der Waals surface area contributed by atoms with Crippen molar-refractivity contribution in [2.75, 3.05) is 6.54 Å². The molecule has 5 heteroatoms. The molecule has 0 saturated heterocycles. The molecule has 0 aromatic carbocycles. The molecule has 94 valence electrons. The van der Waals surface area contributed by atoms with E-state index >= 15 is 0 Å². The molecule has 1 amide bonds. The normalized spacial score (nSPS) is 23.8. The number of amides is 1. The van der Waals surface area contributed by atoms with Crippen molar-refractivity contribution in [1.29, 1.82) is 0 Å². The maximum absolute atomic E-state index is 11.8. The van der Waals surface area contributed by atoms with E-state index in [1.54, 1.807) is 6.20 Å². The molecule has 0 spiro atoms. The predicted octanol–water partition coefficient (Wildman–Crippen LogP) is 0.517. The molecule has 2 atom stereocenters. The van der Waals surface area contributed by atoms with E-state index < -0.39 is 0 Å². The lowest BCUT2D eigenvalue weighted by atomic mass is 10.0. The van der Waals surface area contributed by atoms with E-state index in [1.807, 2.05) is 16.9 Å². The zero-order valence-electron chi connectivity index (χ0n) is 10.0. The highest BCUT2D eigenvalue weighted by Crippen LogP contribution is 2.23. The molecule has 2 rings (SSSR count). The molecular weight excluding hydrogens is 216 g/mol. The first kappa shape index (κ1) is 12.1. The van der Waals surface area contributed by atoms with Crippen LogP contribution in [0.15, 0.2) is 18.5 Å². The van der Waals surface area contributed by atoms with Crippen LogP contribution < -0.4 is 11.1 Å². The molecule has 1 fully saturated rings. The van der Waals surface area contributed by atoms with Gasteiger partial charge in [-0.05, 0) is 25.3 Å². The van der Waals surface area contributed by atoms with Crippen molar-refractivity contribution in [1.82, 2.24) is 15.1 Å². The second kappa shape index (κ2) is 5.82. The highest BCUT2D eigenvalue weighted by molar-refractivity contribution is 5.79. The number of hydrogen-bond acceptors (Lipinski definition) is 3. The fourth-order valence-corrected chi connectivity index (χ4v) is 2.33. The highest BCUT2D eigenvalue weighted by Gasteiger charge is 2.29. The third kappa shape index (κ3) is 3.30. The van der Waals surface area contributed by atoms with Crippen LogP contribution in [0, 0.1) is 5.92 Å². The van der Waals surface area contributed by atoms with Gasteiger partial charge in [0.1, 0.15) is 0 Å². The monoisotopic (exact) mass is 236 g/mol. The maximum atomic E-state index is 11.8. The summed E-state index contributed by atoms with van der Waals surface area (Å²) in [5, 5.41) is 7.06. The summed E-state index contributed by atoms with van der Waals surface area (Å²) in [6.45, 7) is 1.53. The molecule has 2 unspecified atom stereocenters. The molecule has 5 nitrogen and oxygen atoms in total. The van der Waals surface area contributed by atoms with E-state index in [1.165, 1.54) is 0 Å². The van der Waals surface area contributed by atoms with E-state index in [-0.39, 0.29) is 17.9 Å². The van der Waals surface area contributed by atoms with Crippen molar-refractivity contribution < 1.29 is 4.79 Å². The van der Waals surface area contributed by atoms with E-state index in [9.17, 15) is 4.79 Å². The van der Waals surface area contributed by atoms with Gasteiger partial charge in [0.15, 0.2) is 0 Å². The van der Waals surface area contributed by atoms with Crippen molar-refractivity contribution in [3.63, 3.8) is 0 Å². The van der Waals surface area contributed by atoms with Gasteiger partial charge in [0.2, 0.25) is 5.91 Å². The Hall–Kier alpha value is -1.36. The molecule has 1 aliphatic rings.